The molecule has 1 aromatic carbocycles. The molecule has 2 N–H and O–H groups in total. The predicted molar refractivity (Wildman–Crippen MR) is 94.6 cm³/mol. The summed E-state index contributed by atoms with van der Waals surface area (Å²) >= 11 is 0. The number of esters is 1. The van der Waals surface area contributed by atoms with Crippen molar-refractivity contribution < 1.29 is 23.9 Å². The summed E-state index contributed by atoms with van der Waals surface area (Å²) in [6.45, 7) is 2.42. The maximum atomic E-state index is 12.0. The molecule has 0 aromatic heterocycles. The predicted octanol–water partition coefficient (Wildman–Crippen LogP) is 0.613. The summed E-state index contributed by atoms with van der Waals surface area (Å²) in [6.07, 6.45) is 2.17. The molecular formula is C18H23N3O5. The molecule has 0 atom stereocenters. The molecule has 8 nitrogen and oxygen atoms in total. The lowest BCUT2D eigenvalue weighted by atomic mass is 10.2. The lowest BCUT2D eigenvalue weighted by molar-refractivity contribution is -0.147. The van der Waals surface area contributed by atoms with Gasteiger partial charge in [0, 0.05) is 30.8 Å². The van der Waals surface area contributed by atoms with E-state index in [0.29, 0.717) is 25.1 Å². The van der Waals surface area contributed by atoms with Gasteiger partial charge >= 0.3 is 5.97 Å². The van der Waals surface area contributed by atoms with E-state index in [-0.39, 0.29) is 25.0 Å². The molecule has 0 radical (unpaired) electrons. The van der Waals surface area contributed by atoms with Crippen molar-refractivity contribution in [2.75, 3.05) is 31.1 Å². The second kappa shape index (κ2) is 9.55. The Bertz CT molecular complexity index is 672. The fourth-order valence-electron chi connectivity index (χ4n) is 2.48. The van der Waals surface area contributed by atoms with Gasteiger partial charge in [0.1, 0.15) is 6.54 Å². The highest BCUT2D eigenvalue weighted by Gasteiger charge is 2.21. The number of carbonyl (C=O) groups excluding carboxylic acids is 4. The highest BCUT2D eigenvalue weighted by Crippen LogP contribution is 2.21. The number of rotatable bonds is 8. The Balaban J connectivity index is 1.76. The molecule has 1 heterocycles. The van der Waals surface area contributed by atoms with Crippen molar-refractivity contribution in [3.63, 3.8) is 0 Å². The number of hydrogen-bond donors (Lipinski definition) is 2. The fourth-order valence-corrected chi connectivity index (χ4v) is 2.48. The molecule has 0 unspecified atom stereocenters. The molecule has 1 fully saturated rings. The summed E-state index contributed by atoms with van der Waals surface area (Å²) in [5.41, 5.74) is 1.12. The SMILES string of the molecule is CCCNC(=O)COC(=O)CNC(=O)c1ccc(N2CCCC2=O)cc1. The summed E-state index contributed by atoms with van der Waals surface area (Å²) in [7, 11) is 0. The Kier molecular flexibility index (Phi) is 7.13. The molecule has 8 heteroatoms. The van der Waals surface area contributed by atoms with Crippen molar-refractivity contribution in [1.82, 2.24) is 10.6 Å². The summed E-state index contributed by atoms with van der Waals surface area (Å²) in [5.74, 6) is -1.42. The van der Waals surface area contributed by atoms with Crippen LogP contribution >= 0.6 is 0 Å². The largest absolute Gasteiger partial charge is 0.454 e. The van der Waals surface area contributed by atoms with Crippen LogP contribution < -0.4 is 15.5 Å². The van der Waals surface area contributed by atoms with Crippen molar-refractivity contribution in [1.29, 1.82) is 0 Å². The van der Waals surface area contributed by atoms with Crippen molar-refractivity contribution >= 4 is 29.4 Å². The number of ether oxygens (including phenoxy) is 1. The molecule has 0 bridgehead atoms. The number of carbonyl (C=O) groups is 4. The lowest BCUT2D eigenvalue weighted by Crippen LogP contribution is -2.34. The van der Waals surface area contributed by atoms with Crippen LogP contribution in [-0.2, 0) is 19.1 Å². The fraction of sp³-hybridized carbons (Fsp3) is 0.444. The quantitative estimate of drug-likeness (QED) is 0.660. The zero-order valence-electron chi connectivity index (χ0n) is 14.7. The summed E-state index contributed by atoms with van der Waals surface area (Å²) in [5, 5.41) is 5.02. The summed E-state index contributed by atoms with van der Waals surface area (Å²) < 4.78 is 4.78. The van der Waals surface area contributed by atoms with Crippen LogP contribution in [0, 0.1) is 0 Å². The van der Waals surface area contributed by atoms with Crippen molar-refractivity contribution in [2.45, 2.75) is 26.2 Å². The van der Waals surface area contributed by atoms with Gasteiger partial charge in [0.25, 0.3) is 11.8 Å². The van der Waals surface area contributed by atoms with Gasteiger partial charge in [-0.3, -0.25) is 19.2 Å². The molecule has 1 aliphatic heterocycles. The van der Waals surface area contributed by atoms with E-state index in [1.165, 1.54) is 0 Å². The van der Waals surface area contributed by atoms with Gasteiger partial charge < -0.3 is 20.3 Å². The molecule has 140 valence electrons. The maximum absolute atomic E-state index is 12.0. The van der Waals surface area contributed by atoms with Gasteiger partial charge in [0.05, 0.1) is 0 Å². The van der Waals surface area contributed by atoms with Crippen molar-refractivity contribution in [3.05, 3.63) is 29.8 Å². The zero-order chi connectivity index (χ0) is 18.9. The topological polar surface area (TPSA) is 105 Å². The van der Waals surface area contributed by atoms with E-state index < -0.39 is 11.9 Å². The second-order valence-electron chi connectivity index (χ2n) is 5.89. The van der Waals surface area contributed by atoms with Crippen LogP contribution in [-0.4, -0.2) is 49.9 Å². The molecule has 0 aliphatic carbocycles. The number of amides is 3. The van der Waals surface area contributed by atoms with E-state index in [0.717, 1.165) is 18.5 Å². The second-order valence-corrected chi connectivity index (χ2v) is 5.89. The van der Waals surface area contributed by atoms with Gasteiger partial charge in [-0.2, -0.15) is 0 Å². The van der Waals surface area contributed by atoms with Crippen LogP contribution in [0.15, 0.2) is 24.3 Å². The Morgan fingerprint density at radius 3 is 2.50 bits per heavy atom. The van der Waals surface area contributed by atoms with E-state index in [1.807, 2.05) is 6.92 Å². The summed E-state index contributed by atoms with van der Waals surface area (Å²) in [6, 6.07) is 6.60. The van der Waals surface area contributed by atoms with Crippen LogP contribution in [0.25, 0.3) is 0 Å². The monoisotopic (exact) mass is 361 g/mol. The first-order valence-corrected chi connectivity index (χ1v) is 8.62. The molecule has 1 aliphatic rings. The maximum Gasteiger partial charge on any atom is 0.325 e. The highest BCUT2D eigenvalue weighted by atomic mass is 16.5. The Labute approximate surface area is 151 Å². The molecule has 26 heavy (non-hydrogen) atoms. The first kappa shape index (κ1) is 19.4. The van der Waals surface area contributed by atoms with Crippen LogP contribution in [0.3, 0.4) is 0 Å². The minimum atomic E-state index is -0.690. The van der Waals surface area contributed by atoms with E-state index in [4.69, 9.17) is 4.74 Å². The van der Waals surface area contributed by atoms with E-state index >= 15 is 0 Å². The van der Waals surface area contributed by atoms with Gasteiger partial charge in [-0.15, -0.1) is 0 Å². The third kappa shape index (κ3) is 5.58. The minimum absolute atomic E-state index is 0.0768. The Morgan fingerprint density at radius 2 is 1.88 bits per heavy atom. The first-order chi connectivity index (χ1) is 12.5. The van der Waals surface area contributed by atoms with Crippen molar-refractivity contribution in [3.8, 4) is 0 Å². The van der Waals surface area contributed by atoms with E-state index in [1.54, 1.807) is 29.2 Å². The smallest absolute Gasteiger partial charge is 0.325 e. The third-order valence-corrected chi connectivity index (χ3v) is 3.84. The van der Waals surface area contributed by atoms with E-state index in [9.17, 15) is 19.2 Å². The van der Waals surface area contributed by atoms with Crippen LogP contribution in [0.4, 0.5) is 5.69 Å². The average Bonchev–Trinajstić information content (AvgIpc) is 3.08. The number of anilines is 1. The van der Waals surface area contributed by atoms with Gasteiger partial charge in [0.2, 0.25) is 5.91 Å². The Hall–Kier alpha value is -2.90. The summed E-state index contributed by atoms with van der Waals surface area (Å²) in [4.78, 5) is 48.3. The molecule has 0 spiro atoms. The van der Waals surface area contributed by atoms with Gasteiger partial charge in [-0.05, 0) is 37.1 Å². The van der Waals surface area contributed by atoms with Crippen LogP contribution in [0.2, 0.25) is 0 Å². The Morgan fingerprint density at radius 1 is 1.15 bits per heavy atom. The average molecular weight is 361 g/mol. The number of benzene rings is 1. The number of nitrogens with zero attached hydrogens (tertiary/aromatic N) is 1. The van der Waals surface area contributed by atoms with Gasteiger partial charge in [-0.25, -0.2) is 0 Å². The molecule has 0 saturated carbocycles. The minimum Gasteiger partial charge on any atom is -0.454 e. The zero-order valence-corrected chi connectivity index (χ0v) is 14.7. The van der Waals surface area contributed by atoms with Gasteiger partial charge in [-0.1, -0.05) is 6.92 Å². The van der Waals surface area contributed by atoms with Gasteiger partial charge in [0.15, 0.2) is 6.61 Å². The first-order valence-electron chi connectivity index (χ1n) is 8.62. The van der Waals surface area contributed by atoms with Crippen molar-refractivity contribution in [2.24, 2.45) is 0 Å². The number of hydrogen-bond acceptors (Lipinski definition) is 5. The van der Waals surface area contributed by atoms with Crippen LogP contribution in [0.5, 0.6) is 0 Å². The highest BCUT2D eigenvalue weighted by molar-refractivity contribution is 5.98. The third-order valence-electron chi connectivity index (χ3n) is 3.84. The van der Waals surface area contributed by atoms with E-state index in [2.05, 4.69) is 10.6 Å². The van der Waals surface area contributed by atoms with Crippen LogP contribution in [0.1, 0.15) is 36.5 Å². The molecule has 1 aromatic rings. The normalized spacial score (nSPS) is 13.4. The molecule has 1 saturated heterocycles. The lowest BCUT2D eigenvalue weighted by Gasteiger charge is -2.15. The number of nitrogens with one attached hydrogen (secondary N) is 2. The standard InChI is InChI=1S/C18H23N3O5/c1-2-9-19-15(22)12-26-17(24)11-20-18(25)13-5-7-14(8-6-13)21-10-3-4-16(21)23/h5-8H,2-4,9-12H2,1H3,(H,19,22)(H,20,25). The molecule has 3 amide bonds. The molecular weight excluding hydrogens is 338 g/mol. The molecule has 2 rings (SSSR count).